The number of hydrogen-bond donors (Lipinski definition) is 1. The molecule has 20 heavy (non-hydrogen) atoms. The lowest BCUT2D eigenvalue weighted by atomic mass is 9.52. The second-order valence-electron chi connectivity index (χ2n) is 7.10. The summed E-state index contributed by atoms with van der Waals surface area (Å²) in [4.78, 5) is 0. The van der Waals surface area contributed by atoms with E-state index in [9.17, 15) is 0 Å². The summed E-state index contributed by atoms with van der Waals surface area (Å²) in [6, 6.07) is 8.96. The summed E-state index contributed by atoms with van der Waals surface area (Å²) in [5.41, 5.74) is 7.98. The van der Waals surface area contributed by atoms with Crippen LogP contribution in [-0.4, -0.2) is 5.54 Å². The van der Waals surface area contributed by atoms with Crippen molar-refractivity contribution in [2.75, 3.05) is 0 Å². The van der Waals surface area contributed by atoms with E-state index in [1.165, 1.54) is 35.7 Å². The van der Waals surface area contributed by atoms with E-state index in [1.54, 1.807) is 0 Å². The van der Waals surface area contributed by atoms with Gasteiger partial charge >= 0.3 is 0 Å². The highest BCUT2D eigenvalue weighted by atomic mass is 79.9. The minimum absolute atomic E-state index is 0. The Morgan fingerprint density at radius 3 is 2.00 bits per heavy atom. The van der Waals surface area contributed by atoms with Crippen molar-refractivity contribution in [1.82, 2.24) is 0 Å². The molecule has 0 amide bonds. The van der Waals surface area contributed by atoms with Crippen LogP contribution in [0, 0.1) is 17.8 Å². The molecule has 0 saturated heterocycles. The van der Waals surface area contributed by atoms with Gasteiger partial charge in [-0.15, -0.1) is 12.4 Å². The minimum atomic E-state index is -0.0680. The summed E-state index contributed by atoms with van der Waals surface area (Å²) in [5.74, 6) is 2.99. The Bertz CT molecular complexity index is 443. The summed E-state index contributed by atoms with van der Waals surface area (Å²) in [7, 11) is 0. The van der Waals surface area contributed by atoms with Crippen molar-refractivity contribution in [1.29, 1.82) is 0 Å². The van der Waals surface area contributed by atoms with Gasteiger partial charge in [-0.2, -0.15) is 0 Å². The lowest BCUT2D eigenvalue weighted by molar-refractivity contribution is 0.0264. The Morgan fingerprint density at radius 1 is 1.00 bits per heavy atom. The minimum Gasteiger partial charge on any atom is -0.325 e. The van der Waals surface area contributed by atoms with E-state index >= 15 is 0 Å². The summed E-state index contributed by atoms with van der Waals surface area (Å²) in [5, 5.41) is 0. The van der Waals surface area contributed by atoms with Crippen LogP contribution in [0.5, 0.6) is 0 Å². The zero-order valence-electron chi connectivity index (χ0n) is 12.3. The highest BCUT2D eigenvalue weighted by Crippen LogP contribution is 2.56. The van der Waals surface area contributed by atoms with Gasteiger partial charge in [-0.3, -0.25) is 0 Å². The van der Waals surface area contributed by atoms with Crippen LogP contribution in [0.2, 0.25) is 0 Å². The van der Waals surface area contributed by atoms with Gasteiger partial charge in [-0.25, -0.2) is 0 Å². The molecule has 4 rings (SSSR count). The first kappa shape index (κ1) is 16.3. The van der Waals surface area contributed by atoms with Crippen molar-refractivity contribution in [3.63, 3.8) is 0 Å². The Kier molecular flexibility index (Phi) is 4.88. The number of benzene rings is 1. The highest BCUT2D eigenvalue weighted by Gasteiger charge is 2.48. The van der Waals surface area contributed by atoms with Crippen molar-refractivity contribution in [2.24, 2.45) is 23.5 Å². The second-order valence-corrected chi connectivity index (χ2v) is 8.02. The average molecular weight is 359 g/mol. The Balaban J connectivity index is 0.00000147. The van der Waals surface area contributed by atoms with E-state index in [1.807, 2.05) is 0 Å². The molecule has 3 aliphatic rings. The fraction of sp³-hybridized carbons (Fsp3) is 0.647. The largest absolute Gasteiger partial charge is 0.325 e. The van der Waals surface area contributed by atoms with Crippen LogP contribution in [0.3, 0.4) is 0 Å². The lowest BCUT2D eigenvalue weighted by Crippen LogP contribution is -2.53. The summed E-state index contributed by atoms with van der Waals surface area (Å²) < 4.78 is 1.17. The van der Waals surface area contributed by atoms with E-state index in [-0.39, 0.29) is 17.9 Å². The number of halogens is 2. The van der Waals surface area contributed by atoms with Gasteiger partial charge in [0.2, 0.25) is 0 Å². The van der Waals surface area contributed by atoms with Crippen molar-refractivity contribution >= 4 is 28.3 Å². The van der Waals surface area contributed by atoms with Gasteiger partial charge in [0.05, 0.1) is 0 Å². The molecule has 1 aromatic rings. The standard InChI is InChI=1S/C17H24BrN.ClH/c1-17(2,19)16-13-5-3-11(4-6-13)15(16)12-7-9-14(18)10-8-12;/h7-11,13,15-16H,3-6,19H2,1-2H3;1H. The van der Waals surface area contributed by atoms with Gasteiger partial charge in [0.25, 0.3) is 0 Å². The van der Waals surface area contributed by atoms with E-state index in [0.29, 0.717) is 11.8 Å². The van der Waals surface area contributed by atoms with Gasteiger partial charge < -0.3 is 5.73 Å². The molecular weight excluding hydrogens is 334 g/mol. The van der Waals surface area contributed by atoms with Crippen LogP contribution < -0.4 is 5.73 Å². The summed E-state index contributed by atoms with van der Waals surface area (Å²) in [6.07, 6.45) is 5.59. The van der Waals surface area contributed by atoms with Gasteiger partial charge in [-0.1, -0.05) is 28.1 Å². The zero-order chi connectivity index (χ0) is 13.6. The molecule has 2 atom stereocenters. The topological polar surface area (TPSA) is 26.0 Å². The molecule has 3 heteroatoms. The predicted octanol–water partition coefficient (Wildman–Crippen LogP) is 5.13. The molecule has 2 N–H and O–H groups in total. The molecule has 1 aromatic carbocycles. The van der Waals surface area contributed by atoms with Crippen LogP contribution in [0.1, 0.15) is 51.0 Å². The Hall–Kier alpha value is -0.0500. The van der Waals surface area contributed by atoms with Gasteiger partial charge in [-0.05, 0) is 80.9 Å². The van der Waals surface area contributed by atoms with Crippen molar-refractivity contribution < 1.29 is 0 Å². The van der Waals surface area contributed by atoms with Crippen LogP contribution in [0.25, 0.3) is 0 Å². The maximum absolute atomic E-state index is 6.55. The molecular formula is C17H25BrClN. The first-order valence-corrected chi connectivity index (χ1v) is 8.30. The Labute approximate surface area is 137 Å². The van der Waals surface area contributed by atoms with Crippen molar-refractivity contribution in [3.8, 4) is 0 Å². The molecule has 3 aliphatic carbocycles. The first-order valence-electron chi connectivity index (χ1n) is 7.51. The number of hydrogen-bond acceptors (Lipinski definition) is 1. The van der Waals surface area contributed by atoms with Crippen LogP contribution in [0.15, 0.2) is 28.7 Å². The third-order valence-corrected chi connectivity index (χ3v) is 5.86. The van der Waals surface area contributed by atoms with Gasteiger partial charge in [0, 0.05) is 10.0 Å². The molecule has 3 saturated carbocycles. The molecule has 2 bridgehead atoms. The van der Waals surface area contributed by atoms with E-state index in [4.69, 9.17) is 5.73 Å². The number of rotatable bonds is 2. The van der Waals surface area contributed by atoms with Gasteiger partial charge in [0.1, 0.15) is 0 Å². The molecule has 112 valence electrons. The SMILES string of the molecule is CC(C)(N)C1C2CCC(CC2)C1c1ccc(Br)cc1.Cl. The average Bonchev–Trinajstić information content (AvgIpc) is 2.39. The summed E-state index contributed by atoms with van der Waals surface area (Å²) in [6.45, 7) is 4.45. The number of nitrogens with two attached hydrogens (primary N) is 1. The quantitative estimate of drug-likeness (QED) is 0.779. The molecule has 0 heterocycles. The van der Waals surface area contributed by atoms with Crippen molar-refractivity contribution in [3.05, 3.63) is 34.3 Å². The molecule has 0 aromatic heterocycles. The maximum Gasteiger partial charge on any atom is 0.0175 e. The molecule has 3 fully saturated rings. The summed E-state index contributed by atoms with van der Waals surface area (Å²) >= 11 is 3.54. The monoisotopic (exact) mass is 357 g/mol. The van der Waals surface area contributed by atoms with E-state index in [2.05, 4.69) is 54.0 Å². The number of fused-ring (bicyclic) bond motifs is 3. The third-order valence-electron chi connectivity index (χ3n) is 5.33. The van der Waals surface area contributed by atoms with Crippen LogP contribution in [0.4, 0.5) is 0 Å². The van der Waals surface area contributed by atoms with Crippen molar-refractivity contribution in [2.45, 2.75) is 51.0 Å². The smallest absolute Gasteiger partial charge is 0.0175 e. The normalized spacial score (nSPS) is 32.8. The van der Waals surface area contributed by atoms with E-state index in [0.717, 1.165) is 11.8 Å². The van der Waals surface area contributed by atoms with Gasteiger partial charge in [0.15, 0.2) is 0 Å². The van der Waals surface area contributed by atoms with E-state index < -0.39 is 0 Å². The molecule has 1 nitrogen and oxygen atoms in total. The molecule has 0 radical (unpaired) electrons. The van der Waals surface area contributed by atoms with Crippen LogP contribution in [-0.2, 0) is 0 Å². The predicted molar refractivity (Wildman–Crippen MR) is 91.3 cm³/mol. The second kappa shape index (κ2) is 5.98. The third kappa shape index (κ3) is 2.93. The Morgan fingerprint density at radius 2 is 1.50 bits per heavy atom. The van der Waals surface area contributed by atoms with Crippen LogP contribution >= 0.6 is 28.3 Å². The highest BCUT2D eigenvalue weighted by molar-refractivity contribution is 9.10. The molecule has 0 aliphatic heterocycles. The maximum atomic E-state index is 6.55. The molecule has 0 spiro atoms. The molecule has 2 unspecified atom stereocenters. The fourth-order valence-electron chi connectivity index (χ4n) is 4.68. The first-order chi connectivity index (χ1) is 8.97. The zero-order valence-corrected chi connectivity index (χ0v) is 14.7. The lowest BCUT2D eigenvalue weighted by Gasteiger charge is -2.54. The fourth-order valence-corrected chi connectivity index (χ4v) is 4.95.